The van der Waals surface area contributed by atoms with Crippen molar-refractivity contribution in [3.05, 3.63) is 12.2 Å². The second-order valence-electron chi connectivity index (χ2n) is 15.8. The van der Waals surface area contributed by atoms with Crippen molar-refractivity contribution in [2.75, 3.05) is 13.2 Å². The number of aliphatic hydroxyl groups excluding tert-OH is 5. The van der Waals surface area contributed by atoms with Crippen LogP contribution in [0.15, 0.2) is 12.2 Å². The first-order valence-corrected chi connectivity index (χ1v) is 23.5. The second-order valence-corrected chi connectivity index (χ2v) is 16.8. The molecule has 13 nitrogen and oxygen atoms in total. The van der Waals surface area contributed by atoms with E-state index in [9.17, 15) is 38.7 Å². The number of rotatable bonds is 37. The Morgan fingerprint density at radius 2 is 1.16 bits per heavy atom. The lowest BCUT2D eigenvalue weighted by Crippen LogP contribution is -2.61. The first-order valence-electron chi connectivity index (χ1n) is 22.2. The summed E-state index contributed by atoms with van der Waals surface area (Å²) < 4.78 is 47.4. The molecule has 7 N–H and O–H groups in total. The van der Waals surface area contributed by atoms with Crippen LogP contribution in [0.4, 0.5) is 0 Å². The van der Waals surface area contributed by atoms with Gasteiger partial charge in [-0.1, -0.05) is 180 Å². The number of unbranched alkanes of at least 4 members (excludes halogenated alkanes) is 24. The molecule has 0 aromatic rings. The smallest absolute Gasteiger partial charge is 0.394 e. The van der Waals surface area contributed by atoms with Crippen LogP contribution in [0.1, 0.15) is 187 Å². The molecule has 332 valence electrons. The molecule has 0 aromatic heterocycles. The Morgan fingerprint density at radius 1 is 0.714 bits per heavy atom. The molecule has 1 rings (SSSR count). The molecule has 1 fully saturated rings. The maximum atomic E-state index is 13.1. The number of nitrogens with one attached hydrogen (secondary N) is 1. The normalized spacial score (nSPS) is 22.0. The number of carbonyl (C=O) groups is 1. The van der Waals surface area contributed by atoms with Gasteiger partial charge < -0.3 is 40.3 Å². The number of carbonyl (C=O) groups excluding carboxylic acids is 1. The molecule has 0 radical (unpaired) electrons. The quantitative estimate of drug-likeness (QED) is 0.0192. The zero-order valence-electron chi connectivity index (χ0n) is 34.8. The highest BCUT2D eigenvalue weighted by atomic mass is 32.3. The van der Waals surface area contributed by atoms with Gasteiger partial charge in [-0.15, -0.1) is 0 Å². The number of allylic oxidation sites excluding steroid dienone is 1. The van der Waals surface area contributed by atoms with Crippen molar-refractivity contribution in [2.45, 2.75) is 236 Å². The maximum Gasteiger partial charge on any atom is 0.397 e. The number of hydrogen-bond acceptors (Lipinski definition) is 11. The maximum absolute atomic E-state index is 13.1. The van der Waals surface area contributed by atoms with Gasteiger partial charge >= 0.3 is 10.4 Å². The Bertz CT molecular complexity index is 1080. The van der Waals surface area contributed by atoms with Crippen molar-refractivity contribution >= 4 is 16.3 Å². The van der Waals surface area contributed by atoms with E-state index in [4.69, 9.17) is 14.0 Å². The molecule has 1 heterocycles. The van der Waals surface area contributed by atoms with E-state index in [1.165, 1.54) is 122 Å². The number of amides is 1. The molecule has 1 amide bonds. The average Bonchev–Trinajstić information content (AvgIpc) is 3.16. The minimum atomic E-state index is -5.11. The number of ether oxygens (including phenoxy) is 2. The lowest BCUT2D eigenvalue weighted by Gasteiger charge is -2.41. The van der Waals surface area contributed by atoms with Gasteiger partial charge in [0.2, 0.25) is 5.91 Å². The van der Waals surface area contributed by atoms with Crippen molar-refractivity contribution in [3.8, 4) is 0 Å². The molecule has 0 spiro atoms. The zero-order chi connectivity index (χ0) is 41.4. The van der Waals surface area contributed by atoms with Crippen LogP contribution in [0.3, 0.4) is 0 Å². The first kappa shape index (κ1) is 52.8. The molecule has 8 atom stereocenters. The highest BCUT2D eigenvalue weighted by Crippen LogP contribution is 2.26. The van der Waals surface area contributed by atoms with Gasteiger partial charge in [0, 0.05) is 0 Å². The minimum Gasteiger partial charge on any atom is -0.394 e. The topological polar surface area (TPSA) is 212 Å². The molecule has 8 unspecified atom stereocenters. The van der Waals surface area contributed by atoms with Crippen molar-refractivity contribution in [2.24, 2.45) is 0 Å². The molecular weight excluding hydrogens is 743 g/mol. The van der Waals surface area contributed by atoms with Crippen LogP contribution in [0.25, 0.3) is 0 Å². The Labute approximate surface area is 339 Å². The van der Waals surface area contributed by atoms with Crippen LogP contribution >= 0.6 is 0 Å². The SMILES string of the molecule is CCCCCCCCCC/C=C/C(O)C(COC1OC(CO)C(O)C(OS(=O)(=O)O)C1O)NC(=O)C(O)CCCCCCCCCCCCCCCCCCC. The van der Waals surface area contributed by atoms with Gasteiger partial charge in [0.1, 0.15) is 30.5 Å². The van der Waals surface area contributed by atoms with E-state index in [-0.39, 0.29) is 6.42 Å². The fourth-order valence-corrected chi connectivity index (χ4v) is 7.62. The van der Waals surface area contributed by atoms with E-state index in [2.05, 4.69) is 23.3 Å². The monoisotopic (exact) mass is 824 g/mol. The molecule has 1 aliphatic rings. The summed E-state index contributed by atoms with van der Waals surface area (Å²) in [7, 11) is -5.11. The van der Waals surface area contributed by atoms with Crippen LogP contribution in [0.5, 0.6) is 0 Å². The summed E-state index contributed by atoms with van der Waals surface area (Å²) in [6.45, 7) is 3.18. The fourth-order valence-electron chi connectivity index (χ4n) is 7.11. The lowest BCUT2D eigenvalue weighted by molar-refractivity contribution is -0.298. The van der Waals surface area contributed by atoms with E-state index >= 15 is 0 Å². The van der Waals surface area contributed by atoms with Crippen LogP contribution in [-0.2, 0) is 28.9 Å². The van der Waals surface area contributed by atoms with E-state index in [1.54, 1.807) is 0 Å². The van der Waals surface area contributed by atoms with Gasteiger partial charge in [-0.3, -0.25) is 9.35 Å². The van der Waals surface area contributed by atoms with Crippen LogP contribution in [0.2, 0.25) is 0 Å². The third-order valence-electron chi connectivity index (χ3n) is 10.7. The molecule has 56 heavy (non-hydrogen) atoms. The molecule has 0 aromatic carbocycles. The highest BCUT2D eigenvalue weighted by molar-refractivity contribution is 7.80. The van der Waals surface area contributed by atoms with E-state index in [1.807, 2.05) is 6.08 Å². The van der Waals surface area contributed by atoms with Gasteiger partial charge in [0.25, 0.3) is 0 Å². The van der Waals surface area contributed by atoms with Gasteiger partial charge in [-0.05, 0) is 19.3 Å². The standard InChI is InChI=1S/C42H81NO12S/c1-3-5-7-9-11-13-15-16-17-18-19-20-21-23-25-27-29-31-36(46)41(49)43-34(35(45)30-28-26-24-22-14-12-10-8-6-4-2)33-53-42-39(48)40(55-56(50,51)52)38(47)37(32-44)54-42/h28,30,34-40,42,44-48H,3-27,29,31-33H2,1-2H3,(H,43,49)(H,50,51,52)/b30-28+. The first-order chi connectivity index (χ1) is 26.9. The minimum absolute atomic E-state index is 0.248. The summed E-state index contributed by atoms with van der Waals surface area (Å²) in [5, 5.41) is 55.0. The Hall–Kier alpha value is -1.20. The molecular formula is C42H81NO12S. The van der Waals surface area contributed by atoms with Gasteiger partial charge in [0.05, 0.1) is 25.4 Å². The average molecular weight is 824 g/mol. The Kier molecular flexibility index (Phi) is 31.7. The Balaban J connectivity index is 2.56. The predicted octanol–water partition coefficient (Wildman–Crippen LogP) is 6.97. The Morgan fingerprint density at radius 3 is 1.61 bits per heavy atom. The molecule has 1 saturated heterocycles. The fraction of sp³-hybridized carbons (Fsp3) is 0.929. The van der Waals surface area contributed by atoms with Crippen molar-refractivity contribution in [1.29, 1.82) is 0 Å². The summed E-state index contributed by atoms with van der Waals surface area (Å²) in [5.41, 5.74) is 0. The predicted molar refractivity (Wildman–Crippen MR) is 219 cm³/mol. The molecule has 0 saturated carbocycles. The molecule has 0 aliphatic carbocycles. The van der Waals surface area contributed by atoms with Crippen molar-refractivity contribution in [3.63, 3.8) is 0 Å². The summed E-state index contributed by atoms with van der Waals surface area (Å²) >= 11 is 0. The number of hydrogen-bond donors (Lipinski definition) is 7. The lowest BCUT2D eigenvalue weighted by atomic mass is 9.99. The third kappa shape index (κ3) is 26.0. The number of aliphatic hydroxyl groups is 5. The van der Waals surface area contributed by atoms with Crippen LogP contribution in [-0.4, -0.2) is 107 Å². The highest BCUT2D eigenvalue weighted by Gasteiger charge is 2.48. The molecule has 14 heteroatoms. The van der Waals surface area contributed by atoms with Gasteiger partial charge in [-0.25, -0.2) is 4.18 Å². The summed E-state index contributed by atoms with van der Waals surface area (Å²) in [6, 6.07) is -1.11. The van der Waals surface area contributed by atoms with E-state index in [0.717, 1.165) is 38.5 Å². The second kappa shape index (κ2) is 33.6. The van der Waals surface area contributed by atoms with Gasteiger partial charge in [0.15, 0.2) is 6.29 Å². The molecule has 1 aliphatic heterocycles. The van der Waals surface area contributed by atoms with E-state index < -0.39 is 78.5 Å². The van der Waals surface area contributed by atoms with E-state index in [0.29, 0.717) is 12.8 Å². The third-order valence-corrected chi connectivity index (χ3v) is 11.1. The largest absolute Gasteiger partial charge is 0.397 e. The summed E-state index contributed by atoms with van der Waals surface area (Å²) in [6.07, 6.45) is 23.1. The van der Waals surface area contributed by atoms with Crippen molar-refractivity contribution in [1.82, 2.24) is 5.32 Å². The van der Waals surface area contributed by atoms with Crippen molar-refractivity contribution < 1.29 is 57.0 Å². The summed E-state index contributed by atoms with van der Waals surface area (Å²) in [4.78, 5) is 13.1. The van der Waals surface area contributed by atoms with Crippen LogP contribution in [0, 0.1) is 0 Å². The zero-order valence-corrected chi connectivity index (χ0v) is 35.6. The van der Waals surface area contributed by atoms with Crippen LogP contribution < -0.4 is 5.32 Å². The molecule has 0 bridgehead atoms. The summed E-state index contributed by atoms with van der Waals surface area (Å²) in [5.74, 6) is -0.702. The van der Waals surface area contributed by atoms with Gasteiger partial charge in [-0.2, -0.15) is 8.42 Å².